The maximum Gasteiger partial charge on any atom is 0.207 e. The predicted octanol–water partition coefficient (Wildman–Crippen LogP) is 2.66. The average molecular weight is 251 g/mol. The van der Waals surface area contributed by atoms with E-state index in [1.54, 1.807) is 0 Å². The molecule has 1 amide bonds. The Kier molecular flexibility index (Phi) is 3.32. The van der Waals surface area contributed by atoms with Gasteiger partial charge in [-0.2, -0.15) is 0 Å². The van der Waals surface area contributed by atoms with Crippen molar-refractivity contribution in [1.29, 1.82) is 0 Å². The lowest BCUT2D eigenvalue weighted by molar-refractivity contribution is -0.109. The van der Waals surface area contributed by atoms with Crippen molar-refractivity contribution >= 4 is 6.41 Å². The fourth-order valence-corrected chi connectivity index (χ4v) is 2.98. The van der Waals surface area contributed by atoms with E-state index in [1.807, 2.05) is 0 Å². The number of carbonyl (C=O) groups excluding carboxylic acids is 1. The fourth-order valence-electron chi connectivity index (χ4n) is 2.98. The molecule has 1 atom stereocenters. The highest BCUT2D eigenvalue weighted by atomic mass is 16.1. The number of hydrogen-bond donors (Lipinski definition) is 1. The number of rotatable bonds is 3. The van der Waals surface area contributed by atoms with Gasteiger partial charge in [0.15, 0.2) is 0 Å². The van der Waals surface area contributed by atoms with Crippen molar-refractivity contribution < 1.29 is 4.79 Å². The van der Waals surface area contributed by atoms with Gasteiger partial charge in [-0.1, -0.05) is 48.5 Å². The summed E-state index contributed by atoms with van der Waals surface area (Å²) in [5.74, 6) is 0.366. The number of carbonyl (C=O) groups is 1. The molecule has 0 radical (unpaired) electrons. The molecule has 0 spiro atoms. The van der Waals surface area contributed by atoms with E-state index >= 15 is 0 Å². The van der Waals surface area contributed by atoms with Gasteiger partial charge in [-0.15, -0.1) is 0 Å². The molecule has 1 aliphatic rings. The van der Waals surface area contributed by atoms with Gasteiger partial charge in [0, 0.05) is 12.5 Å². The summed E-state index contributed by atoms with van der Waals surface area (Å²) >= 11 is 0. The molecule has 0 fully saturated rings. The van der Waals surface area contributed by atoms with Crippen LogP contribution >= 0.6 is 0 Å². The summed E-state index contributed by atoms with van der Waals surface area (Å²) < 4.78 is 0. The standard InChI is InChI=1S/C17H17NO/c19-12-18-11-16-10-14-6-2-1-5-13(14)9-15-7-3-4-8-17(15)16/h1-8,12,16H,9-11H2,(H,18,19)/t16-/m1/s1. The molecule has 19 heavy (non-hydrogen) atoms. The first-order chi connectivity index (χ1) is 9.38. The van der Waals surface area contributed by atoms with Crippen LogP contribution in [0.3, 0.4) is 0 Å². The smallest absolute Gasteiger partial charge is 0.207 e. The molecule has 0 saturated carbocycles. The highest BCUT2D eigenvalue weighted by Gasteiger charge is 2.21. The van der Waals surface area contributed by atoms with Crippen LogP contribution in [0.15, 0.2) is 48.5 Å². The molecule has 0 saturated heterocycles. The van der Waals surface area contributed by atoms with E-state index in [2.05, 4.69) is 53.8 Å². The van der Waals surface area contributed by atoms with Crippen LogP contribution in [0.5, 0.6) is 0 Å². The average Bonchev–Trinajstić information content (AvgIpc) is 2.61. The van der Waals surface area contributed by atoms with Crippen LogP contribution < -0.4 is 5.32 Å². The molecule has 0 heterocycles. The third-order valence-electron chi connectivity index (χ3n) is 3.91. The molecule has 3 rings (SSSR count). The molecule has 1 aliphatic carbocycles. The third-order valence-corrected chi connectivity index (χ3v) is 3.91. The second-order valence-corrected chi connectivity index (χ2v) is 5.07. The molecular weight excluding hydrogens is 234 g/mol. The van der Waals surface area contributed by atoms with E-state index in [9.17, 15) is 4.79 Å². The number of hydrogen-bond acceptors (Lipinski definition) is 1. The third kappa shape index (κ3) is 2.39. The molecule has 0 unspecified atom stereocenters. The van der Waals surface area contributed by atoms with Crippen LogP contribution in [-0.2, 0) is 17.6 Å². The van der Waals surface area contributed by atoms with E-state index in [0.29, 0.717) is 12.5 Å². The van der Waals surface area contributed by atoms with Crippen molar-refractivity contribution in [1.82, 2.24) is 5.32 Å². The van der Waals surface area contributed by atoms with Gasteiger partial charge in [0.1, 0.15) is 0 Å². The van der Waals surface area contributed by atoms with E-state index < -0.39 is 0 Å². The normalized spacial score (nSPS) is 16.9. The minimum Gasteiger partial charge on any atom is -0.358 e. The lowest BCUT2D eigenvalue weighted by Crippen LogP contribution is -2.21. The van der Waals surface area contributed by atoms with Crippen LogP contribution in [0.25, 0.3) is 0 Å². The maximum atomic E-state index is 10.6. The first-order valence-corrected chi connectivity index (χ1v) is 6.70. The summed E-state index contributed by atoms with van der Waals surface area (Å²) in [6, 6.07) is 17.2. The van der Waals surface area contributed by atoms with Crippen molar-refractivity contribution in [3.8, 4) is 0 Å². The van der Waals surface area contributed by atoms with E-state index in [0.717, 1.165) is 19.3 Å². The van der Waals surface area contributed by atoms with Crippen LogP contribution in [-0.4, -0.2) is 13.0 Å². The zero-order valence-corrected chi connectivity index (χ0v) is 10.8. The van der Waals surface area contributed by atoms with Gasteiger partial charge in [0.2, 0.25) is 6.41 Å². The lowest BCUT2D eigenvalue weighted by atomic mass is 9.91. The summed E-state index contributed by atoms with van der Waals surface area (Å²) in [4.78, 5) is 10.6. The second-order valence-electron chi connectivity index (χ2n) is 5.07. The Hall–Kier alpha value is -2.09. The first-order valence-electron chi connectivity index (χ1n) is 6.70. The molecule has 2 nitrogen and oxygen atoms in total. The van der Waals surface area contributed by atoms with Crippen LogP contribution in [0.1, 0.15) is 28.2 Å². The van der Waals surface area contributed by atoms with Crippen molar-refractivity contribution in [3.63, 3.8) is 0 Å². The van der Waals surface area contributed by atoms with E-state index in [-0.39, 0.29) is 0 Å². The molecular formula is C17H17NO. The van der Waals surface area contributed by atoms with Gasteiger partial charge in [-0.25, -0.2) is 0 Å². The van der Waals surface area contributed by atoms with Gasteiger partial charge in [0.25, 0.3) is 0 Å². The summed E-state index contributed by atoms with van der Waals surface area (Å²) in [7, 11) is 0. The molecule has 0 bridgehead atoms. The summed E-state index contributed by atoms with van der Waals surface area (Å²) in [6.07, 6.45) is 2.78. The highest BCUT2D eigenvalue weighted by Crippen LogP contribution is 2.31. The molecule has 1 N–H and O–H groups in total. The predicted molar refractivity (Wildman–Crippen MR) is 76.2 cm³/mol. The Balaban J connectivity index is 2.03. The Morgan fingerprint density at radius 1 is 1.00 bits per heavy atom. The van der Waals surface area contributed by atoms with Gasteiger partial charge >= 0.3 is 0 Å². The number of fused-ring (bicyclic) bond motifs is 2. The first kappa shape index (κ1) is 12.0. The van der Waals surface area contributed by atoms with Gasteiger partial charge in [0.05, 0.1) is 0 Å². The Labute approximate surface area is 113 Å². The quantitative estimate of drug-likeness (QED) is 0.835. The Morgan fingerprint density at radius 2 is 1.68 bits per heavy atom. The van der Waals surface area contributed by atoms with Crippen molar-refractivity contribution in [2.24, 2.45) is 0 Å². The molecule has 2 heteroatoms. The van der Waals surface area contributed by atoms with E-state index in [1.165, 1.54) is 22.3 Å². The van der Waals surface area contributed by atoms with E-state index in [4.69, 9.17) is 0 Å². The molecule has 96 valence electrons. The summed E-state index contributed by atoms with van der Waals surface area (Å²) in [6.45, 7) is 0.703. The minimum atomic E-state index is 0.366. The van der Waals surface area contributed by atoms with Crippen molar-refractivity contribution in [3.05, 3.63) is 70.8 Å². The Morgan fingerprint density at radius 3 is 2.47 bits per heavy atom. The van der Waals surface area contributed by atoms with Crippen LogP contribution in [0, 0.1) is 0 Å². The zero-order valence-electron chi connectivity index (χ0n) is 10.8. The topological polar surface area (TPSA) is 29.1 Å². The number of benzene rings is 2. The monoisotopic (exact) mass is 251 g/mol. The molecule has 0 aromatic heterocycles. The minimum absolute atomic E-state index is 0.366. The molecule has 2 aromatic rings. The highest BCUT2D eigenvalue weighted by molar-refractivity contribution is 5.47. The van der Waals surface area contributed by atoms with Gasteiger partial charge in [-0.3, -0.25) is 4.79 Å². The largest absolute Gasteiger partial charge is 0.358 e. The molecule has 2 aromatic carbocycles. The van der Waals surface area contributed by atoms with Crippen LogP contribution in [0.4, 0.5) is 0 Å². The van der Waals surface area contributed by atoms with Crippen molar-refractivity contribution in [2.45, 2.75) is 18.8 Å². The number of nitrogens with one attached hydrogen (secondary N) is 1. The zero-order chi connectivity index (χ0) is 13.1. The second kappa shape index (κ2) is 5.27. The summed E-state index contributed by atoms with van der Waals surface area (Å²) in [5.41, 5.74) is 5.55. The van der Waals surface area contributed by atoms with Crippen molar-refractivity contribution in [2.75, 3.05) is 6.54 Å². The molecule has 0 aliphatic heterocycles. The maximum absolute atomic E-state index is 10.6. The number of amides is 1. The van der Waals surface area contributed by atoms with Gasteiger partial charge in [-0.05, 0) is 35.1 Å². The Bertz CT molecular complexity index is 591. The van der Waals surface area contributed by atoms with Crippen LogP contribution in [0.2, 0.25) is 0 Å². The van der Waals surface area contributed by atoms with Gasteiger partial charge < -0.3 is 5.32 Å². The fraction of sp³-hybridized carbons (Fsp3) is 0.235. The summed E-state index contributed by atoms with van der Waals surface area (Å²) in [5, 5.41) is 2.84. The SMILES string of the molecule is O=CNC[C@H]1Cc2ccccc2Cc2ccccc21. The lowest BCUT2D eigenvalue weighted by Gasteiger charge is -2.17.